The minimum absolute atomic E-state index is 0.0214. The third kappa shape index (κ3) is 6.84. The second-order valence-electron chi connectivity index (χ2n) is 7.59. The number of rotatable bonds is 10. The van der Waals surface area contributed by atoms with Gasteiger partial charge < -0.3 is 30.1 Å². The largest absolute Gasteiger partial charge is 0.467 e. The number of anilines is 2. The highest BCUT2D eigenvalue weighted by molar-refractivity contribution is 5.98. The van der Waals surface area contributed by atoms with Crippen molar-refractivity contribution in [2.24, 2.45) is 0 Å². The van der Waals surface area contributed by atoms with E-state index in [9.17, 15) is 14.4 Å². The van der Waals surface area contributed by atoms with Crippen LogP contribution in [0.25, 0.3) is 0 Å². The number of furan rings is 2. The maximum Gasteiger partial charge on any atom is 0.251 e. The van der Waals surface area contributed by atoms with Gasteiger partial charge in [0.25, 0.3) is 11.8 Å². The summed E-state index contributed by atoms with van der Waals surface area (Å²) in [5, 5.41) is 11.3. The van der Waals surface area contributed by atoms with Crippen LogP contribution in [0.1, 0.15) is 32.2 Å². The van der Waals surface area contributed by atoms with E-state index in [2.05, 4.69) is 21.3 Å². The van der Waals surface area contributed by atoms with Gasteiger partial charge in [-0.1, -0.05) is 12.1 Å². The Morgan fingerprint density at radius 2 is 1.20 bits per heavy atom. The zero-order valence-electron chi connectivity index (χ0n) is 18.7. The molecular formula is C26H24N4O5. The SMILES string of the molecule is O=C(CNc1cccc(C(=O)NCc2ccco2)c1)Nc1cccc(C(=O)NCc2ccco2)c1. The van der Waals surface area contributed by atoms with Crippen molar-refractivity contribution in [1.29, 1.82) is 0 Å². The average Bonchev–Trinajstić information content (AvgIpc) is 3.59. The topological polar surface area (TPSA) is 126 Å². The Balaban J connectivity index is 1.26. The van der Waals surface area contributed by atoms with Crippen LogP contribution in [0, 0.1) is 0 Å². The van der Waals surface area contributed by atoms with Crippen molar-refractivity contribution < 1.29 is 23.2 Å². The van der Waals surface area contributed by atoms with Gasteiger partial charge in [0.1, 0.15) is 11.5 Å². The van der Waals surface area contributed by atoms with E-state index in [0.29, 0.717) is 34.0 Å². The van der Waals surface area contributed by atoms with Gasteiger partial charge in [-0.15, -0.1) is 0 Å². The van der Waals surface area contributed by atoms with E-state index in [4.69, 9.17) is 8.83 Å². The molecule has 2 aromatic carbocycles. The summed E-state index contributed by atoms with van der Waals surface area (Å²) in [6.45, 7) is 0.532. The van der Waals surface area contributed by atoms with Crippen molar-refractivity contribution in [3.05, 3.63) is 108 Å². The highest BCUT2D eigenvalue weighted by Gasteiger charge is 2.10. The lowest BCUT2D eigenvalue weighted by atomic mass is 10.2. The fourth-order valence-electron chi connectivity index (χ4n) is 3.26. The first-order chi connectivity index (χ1) is 17.1. The normalized spacial score (nSPS) is 10.4. The molecule has 2 aromatic heterocycles. The van der Waals surface area contributed by atoms with E-state index in [1.807, 2.05) is 0 Å². The number of carbonyl (C=O) groups is 3. The van der Waals surface area contributed by atoms with E-state index in [1.54, 1.807) is 85.3 Å². The molecular weight excluding hydrogens is 448 g/mol. The van der Waals surface area contributed by atoms with E-state index < -0.39 is 0 Å². The molecule has 0 spiro atoms. The Kier molecular flexibility index (Phi) is 7.59. The molecule has 0 aliphatic heterocycles. The molecule has 0 saturated carbocycles. The van der Waals surface area contributed by atoms with Crippen LogP contribution in [0.5, 0.6) is 0 Å². The summed E-state index contributed by atoms with van der Waals surface area (Å²) < 4.78 is 10.4. The Labute approximate surface area is 201 Å². The quantitative estimate of drug-likeness (QED) is 0.278. The van der Waals surface area contributed by atoms with Gasteiger partial charge in [-0.25, -0.2) is 0 Å². The molecule has 0 radical (unpaired) electrons. The maximum atomic E-state index is 12.4. The first-order valence-electron chi connectivity index (χ1n) is 10.9. The van der Waals surface area contributed by atoms with Crippen molar-refractivity contribution in [2.45, 2.75) is 13.1 Å². The third-order valence-electron chi connectivity index (χ3n) is 4.99. The zero-order valence-corrected chi connectivity index (χ0v) is 18.7. The molecule has 3 amide bonds. The molecule has 2 heterocycles. The maximum absolute atomic E-state index is 12.4. The molecule has 0 bridgehead atoms. The minimum atomic E-state index is -0.300. The lowest BCUT2D eigenvalue weighted by Crippen LogP contribution is -2.24. The van der Waals surface area contributed by atoms with Gasteiger partial charge in [0.2, 0.25) is 5.91 Å². The van der Waals surface area contributed by atoms with Crippen LogP contribution in [0.4, 0.5) is 11.4 Å². The number of amides is 3. The highest BCUT2D eigenvalue weighted by Crippen LogP contribution is 2.13. The van der Waals surface area contributed by atoms with Crippen molar-refractivity contribution in [2.75, 3.05) is 17.2 Å². The number of hydrogen-bond donors (Lipinski definition) is 4. The van der Waals surface area contributed by atoms with E-state index in [1.165, 1.54) is 0 Å². The molecule has 178 valence electrons. The molecule has 4 N–H and O–H groups in total. The Morgan fingerprint density at radius 1 is 0.657 bits per heavy atom. The standard InChI is InChI=1S/C26H24N4O5/c31-24(30-21-8-2-6-19(14-21)26(33)29-16-23-10-4-12-35-23)17-27-20-7-1-5-18(13-20)25(32)28-15-22-9-3-11-34-22/h1-14,27H,15-17H2,(H,28,32)(H,29,33)(H,30,31). The minimum Gasteiger partial charge on any atom is -0.467 e. The fourth-order valence-corrected chi connectivity index (χ4v) is 3.26. The van der Waals surface area contributed by atoms with Crippen LogP contribution in [0.15, 0.2) is 94.2 Å². The second-order valence-corrected chi connectivity index (χ2v) is 7.59. The monoisotopic (exact) mass is 472 g/mol. The first kappa shape index (κ1) is 23.4. The van der Waals surface area contributed by atoms with Gasteiger partial charge in [0.15, 0.2) is 0 Å². The molecule has 0 aliphatic carbocycles. The number of benzene rings is 2. The van der Waals surface area contributed by atoms with Gasteiger partial charge in [-0.3, -0.25) is 14.4 Å². The molecule has 0 atom stereocenters. The first-order valence-corrected chi connectivity index (χ1v) is 10.9. The van der Waals surface area contributed by atoms with Crippen LogP contribution >= 0.6 is 0 Å². The zero-order chi connectivity index (χ0) is 24.5. The molecule has 9 heteroatoms. The van der Waals surface area contributed by atoms with Gasteiger partial charge in [0, 0.05) is 22.5 Å². The van der Waals surface area contributed by atoms with Crippen molar-refractivity contribution in [3.8, 4) is 0 Å². The molecule has 0 unspecified atom stereocenters. The van der Waals surface area contributed by atoms with E-state index in [0.717, 1.165) is 0 Å². The lowest BCUT2D eigenvalue weighted by molar-refractivity contribution is -0.114. The van der Waals surface area contributed by atoms with Crippen molar-refractivity contribution >= 4 is 29.1 Å². The van der Waals surface area contributed by atoms with Crippen LogP contribution < -0.4 is 21.3 Å². The summed E-state index contributed by atoms with van der Waals surface area (Å²) >= 11 is 0. The van der Waals surface area contributed by atoms with Gasteiger partial charge >= 0.3 is 0 Å². The number of hydrogen-bond acceptors (Lipinski definition) is 6. The smallest absolute Gasteiger partial charge is 0.251 e. The summed E-state index contributed by atoms with van der Waals surface area (Å²) in [7, 11) is 0. The number of carbonyl (C=O) groups excluding carboxylic acids is 3. The Morgan fingerprint density at radius 3 is 1.74 bits per heavy atom. The van der Waals surface area contributed by atoms with E-state index >= 15 is 0 Å². The molecule has 4 aromatic rings. The molecule has 35 heavy (non-hydrogen) atoms. The molecule has 9 nitrogen and oxygen atoms in total. The van der Waals surface area contributed by atoms with Gasteiger partial charge in [-0.05, 0) is 60.7 Å². The summed E-state index contributed by atoms with van der Waals surface area (Å²) in [5.74, 6) is 0.469. The van der Waals surface area contributed by atoms with Gasteiger partial charge in [0.05, 0.1) is 32.2 Å². The summed E-state index contributed by atoms with van der Waals surface area (Å²) in [6.07, 6.45) is 3.09. The molecule has 0 aliphatic rings. The van der Waals surface area contributed by atoms with Crippen molar-refractivity contribution in [1.82, 2.24) is 10.6 Å². The van der Waals surface area contributed by atoms with Crippen LogP contribution in [-0.2, 0) is 17.9 Å². The number of nitrogens with one attached hydrogen (secondary N) is 4. The van der Waals surface area contributed by atoms with Crippen LogP contribution in [0.2, 0.25) is 0 Å². The predicted octanol–water partition coefficient (Wildman–Crippen LogP) is 3.78. The summed E-state index contributed by atoms with van der Waals surface area (Å²) in [6, 6.07) is 20.5. The van der Waals surface area contributed by atoms with Crippen molar-refractivity contribution in [3.63, 3.8) is 0 Å². The average molecular weight is 473 g/mol. The lowest BCUT2D eigenvalue weighted by Gasteiger charge is -2.10. The predicted molar refractivity (Wildman–Crippen MR) is 130 cm³/mol. The highest BCUT2D eigenvalue weighted by atomic mass is 16.3. The van der Waals surface area contributed by atoms with Crippen LogP contribution in [-0.4, -0.2) is 24.3 Å². The van der Waals surface area contributed by atoms with Gasteiger partial charge in [-0.2, -0.15) is 0 Å². The Hall–Kier alpha value is -4.79. The summed E-state index contributed by atoms with van der Waals surface area (Å²) in [5.41, 5.74) is 1.98. The molecule has 0 saturated heterocycles. The Bertz CT molecular complexity index is 1280. The summed E-state index contributed by atoms with van der Waals surface area (Å²) in [4.78, 5) is 37.2. The fraction of sp³-hybridized carbons (Fsp3) is 0.115. The second kappa shape index (κ2) is 11.4. The third-order valence-corrected chi connectivity index (χ3v) is 4.99. The molecule has 0 fully saturated rings. The molecule has 4 rings (SSSR count). The van der Waals surface area contributed by atoms with Crippen LogP contribution in [0.3, 0.4) is 0 Å². The van der Waals surface area contributed by atoms with E-state index in [-0.39, 0.29) is 37.4 Å².